The molecule has 0 aliphatic heterocycles. The van der Waals surface area contributed by atoms with E-state index in [1.807, 2.05) is 12.1 Å². The Kier molecular flexibility index (Phi) is 6.55. The number of benzene rings is 1. The normalized spacial score (nSPS) is 11.1. The van der Waals surface area contributed by atoms with Gasteiger partial charge in [0.15, 0.2) is 0 Å². The molecule has 0 aliphatic carbocycles. The SMILES string of the molecule is CC(C)CNCc1ccc(Sc2ncccc2Cl)c(Br)c1. The molecule has 1 aromatic carbocycles. The van der Waals surface area contributed by atoms with E-state index in [0.29, 0.717) is 10.9 Å². The van der Waals surface area contributed by atoms with Crippen LogP contribution in [0.1, 0.15) is 19.4 Å². The van der Waals surface area contributed by atoms with Crippen molar-refractivity contribution < 1.29 is 0 Å². The fourth-order valence-corrected chi connectivity index (χ4v) is 3.48. The molecule has 0 radical (unpaired) electrons. The maximum Gasteiger partial charge on any atom is 0.119 e. The standard InChI is InChI=1S/C16H18BrClN2S/c1-11(2)9-19-10-12-5-6-15(13(17)8-12)21-16-14(18)4-3-7-20-16/h3-8,11,19H,9-10H2,1-2H3. The summed E-state index contributed by atoms with van der Waals surface area (Å²) in [5.41, 5.74) is 1.26. The zero-order valence-electron chi connectivity index (χ0n) is 12.1. The number of nitrogens with zero attached hydrogens (tertiary/aromatic N) is 1. The summed E-state index contributed by atoms with van der Waals surface area (Å²) in [5, 5.41) is 4.95. The number of hydrogen-bond acceptors (Lipinski definition) is 3. The minimum Gasteiger partial charge on any atom is -0.312 e. The number of rotatable bonds is 6. The fraction of sp³-hybridized carbons (Fsp3) is 0.312. The van der Waals surface area contributed by atoms with Crippen molar-refractivity contribution in [2.75, 3.05) is 6.54 Å². The zero-order chi connectivity index (χ0) is 15.2. The molecule has 1 aromatic heterocycles. The lowest BCUT2D eigenvalue weighted by Gasteiger charge is -2.10. The second-order valence-corrected chi connectivity index (χ2v) is 7.47. The molecule has 0 amide bonds. The van der Waals surface area contributed by atoms with Gasteiger partial charge in [-0.3, -0.25) is 0 Å². The largest absolute Gasteiger partial charge is 0.312 e. The third-order valence-corrected chi connectivity index (χ3v) is 5.24. The van der Waals surface area contributed by atoms with Gasteiger partial charge in [-0.2, -0.15) is 0 Å². The van der Waals surface area contributed by atoms with E-state index in [-0.39, 0.29) is 0 Å². The van der Waals surface area contributed by atoms with Gasteiger partial charge in [0.25, 0.3) is 0 Å². The van der Waals surface area contributed by atoms with Gasteiger partial charge in [-0.25, -0.2) is 4.98 Å². The van der Waals surface area contributed by atoms with Crippen LogP contribution < -0.4 is 5.32 Å². The van der Waals surface area contributed by atoms with Gasteiger partial charge >= 0.3 is 0 Å². The summed E-state index contributed by atoms with van der Waals surface area (Å²) in [6, 6.07) is 10.1. The summed E-state index contributed by atoms with van der Waals surface area (Å²) in [6.45, 7) is 6.32. The lowest BCUT2D eigenvalue weighted by Crippen LogP contribution is -2.18. The van der Waals surface area contributed by atoms with Crippen LogP contribution in [0.25, 0.3) is 0 Å². The Morgan fingerprint density at radius 2 is 2.14 bits per heavy atom. The first kappa shape index (κ1) is 16.8. The molecular weight excluding hydrogens is 368 g/mol. The van der Waals surface area contributed by atoms with Crippen molar-refractivity contribution in [3.8, 4) is 0 Å². The lowest BCUT2D eigenvalue weighted by molar-refractivity contribution is 0.552. The molecule has 0 bridgehead atoms. The third-order valence-electron chi connectivity index (χ3n) is 2.81. The van der Waals surface area contributed by atoms with Gasteiger partial charge in [0.2, 0.25) is 0 Å². The first-order valence-electron chi connectivity index (χ1n) is 6.84. The van der Waals surface area contributed by atoms with Crippen LogP contribution in [0, 0.1) is 5.92 Å². The number of hydrogen-bond donors (Lipinski definition) is 1. The van der Waals surface area contributed by atoms with Crippen molar-refractivity contribution in [2.45, 2.75) is 30.3 Å². The lowest BCUT2D eigenvalue weighted by atomic mass is 10.2. The molecule has 0 unspecified atom stereocenters. The van der Waals surface area contributed by atoms with E-state index in [2.05, 4.69) is 58.3 Å². The molecule has 0 saturated carbocycles. The Balaban J connectivity index is 2.04. The van der Waals surface area contributed by atoms with Crippen LogP contribution in [0.4, 0.5) is 0 Å². The van der Waals surface area contributed by atoms with Crippen molar-refractivity contribution in [3.63, 3.8) is 0 Å². The van der Waals surface area contributed by atoms with Crippen molar-refractivity contribution >= 4 is 39.3 Å². The molecule has 0 saturated heterocycles. The first-order valence-corrected chi connectivity index (χ1v) is 8.82. The van der Waals surface area contributed by atoms with Crippen LogP contribution in [0.2, 0.25) is 5.02 Å². The predicted molar refractivity (Wildman–Crippen MR) is 94.1 cm³/mol. The molecule has 0 aliphatic rings. The van der Waals surface area contributed by atoms with Gasteiger partial charge < -0.3 is 5.32 Å². The molecule has 5 heteroatoms. The van der Waals surface area contributed by atoms with Gasteiger partial charge in [-0.1, -0.05) is 43.3 Å². The van der Waals surface area contributed by atoms with E-state index in [4.69, 9.17) is 11.6 Å². The predicted octanol–water partition coefficient (Wildman–Crippen LogP) is 5.39. The Labute approximate surface area is 143 Å². The average Bonchev–Trinajstić information content (AvgIpc) is 2.43. The number of aromatic nitrogens is 1. The molecule has 0 fully saturated rings. The zero-order valence-corrected chi connectivity index (χ0v) is 15.2. The maximum absolute atomic E-state index is 6.15. The molecule has 2 rings (SSSR count). The van der Waals surface area contributed by atoms with Crippen LogP contribution >= 0.6 is 39.3 Å². The second kappa shape index (κ2) is 8.18. The number of pyridine rings is 1. The molecule has 0 spiro atoms. The molecule has 112 valence electrons. The minimum atomic E-state index is 0.662. The summed E-state index contributed by atoms with van der Waals surface area (Å²) in [7, 11) is 0. The average molecular weight is 386 g/mol. The van der Waals surface area contributed by atoms with E-state index in [1.165, 1.54) is 5.56 Å². The van der Waals surface area contributed by atoms with E-state index in [9.17, 15) is 0 Å². The van der Waals surface area contributed by atoms with E-state index >= 15 is 0 Å². The van der Waals surface area contributed by atoms with E-state index in [0.717, 1.165) is 27.5 Å². The smallest absolute Gasteiger partial charge is 0.119 e. The summed E-state index contributed by atoms with van der Waals surface area (Å²) >= 11 is 11.3. The number of halogens is 2. The van der Waals surface area contributed by atoms with E-state index < -0.39 is 0 Å². The minimum absolute atomic E-state index is 0.662. The molecular formula is C16H18BrClN2S. The van der Waals surface area contributed by atoms with Gasteiger partial charge in [0.1, 0.15) is 5.03 Å². The van der Waals surface area contributed by atoms with Crippen LogP contribution in [0.3, 0.4) is 0 Å². The van der Waals surface area contributed by atoms with Crippen LogP contribution in [-0.2, 0) is 6.54 Å². The third kappa shape index (κ3) is 5.29. The van der Waals surface area contributed by atoms with Crippen LogP contribution in [0.5, 0.6) is 0 Å². The molecule has 2 aromatic rings. The molecule has 2 nitrogen and oxygen atoms in total. The fourth-order valence-electron chi connectivity index (χ4n) is 1.79. The van der Waals surface area contributed by atoms with Crippen LogP contribution in [-0.4, -0.2) is 11.5 Å². The highest BCUT2D eigenvalue weighted by molar-refractivity contribution is 9.10. The van der Waals surface area contributed by atoms with E-state index in [1.54, 1.807) is 18.0 Å². The monoisotopic (exact) mass is 384 g/mol. The Morgan fingerprint density at radius 3 is 2.81 bits per heavy atom. The summed E-state index contributed by atoms with van der Waals surface area (Å²) < 4.78 is 1.07. The van der Waals surface area contributed by atoms with Crippen molar-refractivity contribution in [1.82, 2.24) is 10.3 Å². The highest BCUT2D eigenvalue weighted by Gasteiger charge is 2.07. The van der Waals surface area contributed by atoms with Gasteiger partial charge in [-0.05, 0) is 58.2 Å². The highest BCUT2D eigenvalue weighted by atomic mass is 79.9. The molecule has 21 heavy (non-hydrogen) atoms. The van der Waals surface area contributed by atoms with Crippen LogP contribution in [0.15, 0.2) is 50.9 Å². The van der Waals surface area contributed by atoms with Gasteiger partial charge in [0, 0.05) is 22.1 Å². The molecule has 1 heterocycles. The Morgan fingerprint density at radius 1 is 1.33 bits per heavy atom. The summed E-state index contributed by atoms with van der Waals surface area (Å²) in [6.07, 6.45) is 1.76. The Bertz CT molecular complexity index is 605. The van der Waals surface area contributed by atoms with Crippen molar-refractivity contribution in [1.29, 1.82) is 0 Å². The van der Waals surface area contributed by atoms with Crippen molar-refractivity contribution in [2.24, 2.45) is 5.92 Å². The molecule has 0 atom stereocenters. The van der Waals surface area contributed by atoms with Gasteiger partial charge in [-0.15, -0.1) is 0 Å². The summed E-state index contributed by atoms with van der Waals surface area (Å²) in [5.74, 6) is 0.662. The second-order valence-electron chi connectivity index (χ2n) is 5.18. The quantitative estimate of drug-likeness (QED) is 0.721. The highest BCUT2D eigenvalue weighted by Crippen LogP contribution is 2.36. The molecule has 1 N–H and O–H groups in total. The number of nitrogens with one attached hydrogen (secondary N) is 1. The topological polar surface area (TPSA) is 24.9 Å². The van der Waals surface area contributed by atoms with Gasteiger partial charge in [0.05, 0.1) is 5.02 Å². The first-order chi connectivity index (χ1) is 10.1. The maximum atomic E-state index is 6.15. The van der Waals surface area contributed by atoms with Crippen molar-refractivity contribution in [3.05, 3.63) is 51.6 Å². The summed E-state index contributed by atoms with van der Waals surface area (Å²) in [4.78, 5) is 5.42. The Hall–Kier alpha value is -0.550.